The SMILES string of the molecule is CC(CCC(=O)O)CNC(=O)NC(C)c1ccc(Cl)cc1. The summed E-state index contributed by atoms with van der Waals surface area (Å²) in [6, 6.07) is 6.89. The maximum atomic E-state index is 11.8. The minimum absolute atomic E-state index is 0.117. The van der Waals surface area contributed by atoms with Crippen molar-refractivity contribution < 1.29 is 14.7 Å². The van der Waals surface area contributed by atoms with Crippen LogP contribution >= 0.6 is 11.6 Å². The number of carbonyl (C=O) groups is 2. The first-order valence-corrected chi connectivity index (χ1v) is 7.28. The fraction of sp³-hybridized carbons (Fsp3) is 0.467. The normalized spacial score (nSPS) is 13.3. The van der Waals surface area contributed by atoms with Crippen LogP contribution in [-0.4, -0.2) is 23.7 Å². The summed E-state index contributed by atoms with van der Waals surface area (Å²) in [4.78, 5) is 22.2. The van der Waals surface area contributed by atoms with E-state index in [-0.39, 0.29) is 24.4 Å². The Morgan fingerprint density at radius 1 is 1.24 bits per heavy atom. The molecule has 0 bridgehead atoms. The number of hydrogen-bond acceptors (Lipinski definition) is 2. The molecule has 0 aliphatic heterocycles. The van der Waals surface area contributed by atoms with Crippen molar-refractivity contribution in [3.8, 4) is 0 Å². The highest BCUT2D eigenvalue weighted by molar-refractivity contribution is 6.30. The monoisotopic (exact) mass is 312 g/mol. The zero-order chi connectivity index (χ0) is 15.8. The number of benzene rings is 1. The minimum atomic E-state index is -0.817. The molecule has 2 atom stereocenters. The van der Waals surface area contributed by atoms with Gasteiger partial charge in [-0.1, -0.05) is 30.7 Å². The van der Waals surface area contributed by atoms with Crippen LogP contribution in [0.3, 0.4) is 0 Å². The molecular formula is C15H21ClN2O3. The van der Waals surface area contributed by atoms with E-state index in [0.717, 1.165) is 5.56 Å². The molecular weight excluding hydrogens is 292 g/mol. The van der Waals surface area contributed by atoms with E-state index < -0.39 is 5.97 Å². The fourth-order valence-electron chi connectivity index (χ4n) is 1.82. The zero-order valence-electron chi connectivity index (χ0n) is 12.2. The molecule has 1 aromatic rings. The van der Waals surface area contributed by atoms with Gasteiger partial charge in [0.05, 0.1) is 6.04 Å². The molecule has 0 aliphatic rings. The first kappa shape index (κ1) is 17.3. The molecule has 0 radical (unpaired) electrons. The molecule has 0 aliphatic carbocycles. The van der Waals surface area contributed by atoms with Crippen molar-refractivity contribution >= 4 is 23.6 Å². The van der Waals surface area contributed by atoms with Crippen molar-refractivity contribution in [3.05, 3.63) is 34.9 Å². The lowest BCUT2D eigenvalue weighted by atomic mass is 10.1. The van der Waals surface area contributed by atoms with Gasteiger partial charge in [0.1, 0.15) is 0 Å². The number of carbonyl (C=O) groups excluding carboxylic acids is 1. The summed E-state index contributed by atoms with van der Waals surface area (Å²) in [6.07, 6.45) is 0.661. The second-order valence-corrected chi connectivity index (χ2v) is 5.60. The van der Waals surface area contributed by atoms with Crippen molar-refractivity contribution in [1.82, 2.24) is 10.6 Å². The van der Waals surface area contributed by atoms with Gasteiger partial charge >= 0.3 is 12.0 Å². The molecule has 1 rings (SSSR count). The van der Waals surface area contributed by atoms with Crippen molar-refractivity contribution in [2.75, 3.05) is 6.54 Å². The summed E-state index contributed by atoms with van der Waals surface area (Å²) in [5.74, 6) is -0.694. The molecule has 0 aromatic heterocycles. The minimum Gasteiger partial charge on any atom is -0.481 e. The quantitative estimate of drug-likeness (QED) is 0.723. The number of halogens is 1. The van der Waals surface area contributed by atoms with Crippen LogP contribution in [0.5, 0.6) is 0 Å². The zero-order valence-corrected chi connectivity index (χ0v) is 13.0. The second kappa shape index (κ2) is 8.52. The number of rotatable bonds is 7. The van der Waals surface area contributed by atoms with Crippen molar-refractivity contribution in [3.63, 3.8) is 0 Å². The van der Waals surface area contributed by atoms with Crippen LogP contribution in [0.25, 0.3) is 0 Å². The summed E-state index contributed by atoms with van der Waals surface area (Å²) in [7, 11) is 0. The Morgan fingerprint density at radius 2 is 1.86 bits per heavy atom. The highest BCUT2D eigenvalue weighted by Gasteiger charge is 2.11. The Labute approximate surface area is 129 Å². The van der Waals surface area contributed by atoms with Crippen molar-refractivity contribution in [2.24, 2.45) is 5.92 Å². The molecule has 2 amide bonds. The van der Waals surface area contributed by atoms with E-state index in [2.05, 4.69) is 10.6 Å². The van der Waals surface area contributed by atoms with E-state index in [1.54, 1.807) is 12.1 Å². The topological polar surface area (TPSA) is 78.4 Å². The third-order valence-corrected chi connectivity index (χ3v) is 3.43. The number of carboxylic acid groups (broad SMARTS) is 1. The van der Waals surface area contributed by atoms with Gasteiger partial charge in [-0.3, -0.25) is 4.79 Å². The number of nitrogens with one attached hydrogen (secondary N) is 2. The molecule has 0 saturated heterocycles. The molecule has 0 spiro atoms. The van der Waals surface area contributed by atoms with Crippen LogP contribution in [-0.2, 0) is 4.79 Å². The van der Waals surface area contributed by atoms with Crippen molar-refractivity contribution in [2.45, 2.75) is 32.7 Å². The molecule has 0 saturated carbocycles. The maximum Gasteiger partial charge on any atom is 0.315 e. The molecule has 2 unspecified atom stereocenters. The summed E-state index contributed by atoms with van der Waals surface area (Å²) in [5.41, 5.74) is 0.966. The number of aliphatic carboxylic acids is 1. The molecule has 21 heavy (non-hydrogen) atoms. The number of amides is 2. The lowest BCUT2D eigenvalue weighted by Gasteiger charge is -2.17. The molecule has 1 aromatic carbocycles. The molecule has 6 heteroatoms. The predicted octanol–water partition coefficient (Wildman–Crippen LogP) is 3.20. The van der Waals surface area contributed by atoms with Crippen LogP contribution in [0.2, 0.25) is 5.02 Å². The molecule has 116 valence electrons. The van der Waals surface area contributed by atoms with Gasteiger partial charge in [0.2, 0.25) is 0 Å². The van der Waals surface area contributed by atoms with Gasteiger partial charge in [-0.2, -0.15) is 0 Å². The predicted molar refractivity (Wildman–Crippen MR) is 82.4 cm³/mol. The maximum absolute atomic E-state index is 11.8. The Kier molecular flexibility index (Phi) is 7.02. The molecule has 3 N–H and O–H groups in total. The third kappa shape index (κ3) is 6.99. The smallest absolute Gasteiger partial charge is 0.315 e. The van der Waals surface area contributed by atoms with E-state index in [4.69, 9.17) is 16.7 Å². The third-order valence-electron chi connectivity index (χ3n) is 3.18. The van der Waals surface area contributed by atoms with E-state index in [1.165, 1.54) is 0 Å². The van der Waals surface area contributed by atoms with Gasteiger partial charge in [-0.05, 0) is 37.0 Å². The Morgan fingerprint density at radius 3 is 2.43 bits per heavy atom. The standard InChI is InChI=1S/C15H21ClN2O3/c1-10(3-8-14(19)20)9-17-15(21)18-11(2)12-4-6-13(16)7-5-12/h4-7,10-11H,3,8-9H2,1-2H3,(H,19,20)(H2,17,18,21). The van der Waals surface area contributed by atoms with E-state index in [9.17, 15) is 9.59 Å². The van der Waals surface area contributed by atoms with E-state index >= 15 is 0 Å². The number of urea groups is 1. The first-order valence-electron chi connectivity index (χ1n) is 6.90. The van der Waals surface area contributed by atoms with Crippen LogP contribution in [0.4, 0.5) is 4.79 Å². The Bertz CT molecular complexity index is 476. The van der Waals surface area contributed by atoms with E-state index in [0.29, 0.717) is 18.0 Å². The fourth-order valence-corrected chi connectivity index (χ4v) is 1.95. The number of carboxylic acids is 1. The van der Waals surface area contributed by atoms with Gasteiger partial charge in [-0.15, -0.1) is 0 Å². The van der Waals surface area contributed by atoms with E-state index in [1.807, 2.05) is 26.0 Å². The molecule has 5 nitrogen and oxygen atoms in total. The van der Waals surface area contributed by atoms with Crippen LogP contribution in [0.15, 0.2) is 24.3 Å². The number of hydrogen-bond donors (Lipinski definition) is 3. The van der Waals surface area contributed by atoms with Gasteiger partial charge in [0.25, 0.3) is 0 Å². The lowest BCUT2D eigenvalue weighted by Crippen LogP contribution is -2.39. The summed E-state index contributed by atoms with van der Waals surface area (Å²) < 4.78 is 0. The average molecular weight is 313 g/mol. The van der Waals surface area contributed by atoms with Gasteiger partial charge in [0.15, 0.2) is 0 Å². The first-order chi connectivity index (χ1) is 9.88. The summed E-state index contributed by atoms with van der Waals surface area (Å²) in [6.45, 7) is 4.25. The van der Waals surface area contributed by atoms with Gasteiger partial charge in [-0.25, -0.2) is 4.79 Å². The summed E-state index contributed by atoms with van der Waals surface area (Å²) in [5, 5.41) is 14.8. The summed E-state index contributed by atoms with van der Waals surface area (Å²) >= 11 is 5.82. The van der Waals surface area contributed by atoms with Crippen molar-refractivity contribution in [1.29, 1.82) is 0 Å². The van der Waals surface area contributed by atoms with Crippen LogP contribution in [0.1, 0.15) is 38.3 Å². The van der Waals surface area contributed by atoms with Crippen LogP contribution in [0, 0.1) is 5.92 Å². The lowest BCUT2D eigenvalue weighted by molar-refractivity contribution is -0.137. The highest BCUT2D eigenvalue weighted by atomic mass is 35.5. The highest BCUT2D eigenvalue weighted by Crippen LogP contribution is 2.15. The Balaban J connectivity index is 2.32. The van der Waals surface area contributed by atoms with Gasteiger partial charge in [0, 0.05) is 18.0 Å². The van der Waals surface area contributed by atoms with Gasteiger partial charge < -0.3 is 15.7 Å². The molecule has 0 heterocycles. The molecule has 0 fully saturated rings. The average Bonchev–Trinajstić information content (AvgIpc) is 2.43. The Hall–Kier alpha value is -1.75. The largest absolute Gasteiger partial charge is 0.481 e. The second-order valence-electron chi connectivity index (χ2n) is 5.17. The van der Waals surface area contributed by atoms with Crippen LogP contribution < -0.4 is 10.6 Å².